The van der Waals surface area contributed by atoms with Gasteiger partial charge in [-0.2, -0.15) is 0 Å². The zero-order valence-corrected chi connectivity index (χ0v) is 12.3. The van der Waals surface area contributed by atoms with Gasteiger partial charge in [0.1, 0.15) is 0 Å². The normalized spacial score (nSPS) is 15.1. The summed E-state index contributed by atoms with van der Waals surface area (Å²) in [6.45, 7) is 3.66. The minimum atomic E-state index is -0.623. The first kappa shape index (κ1) is 15.0. The molecule has 21 heavy (non-hydrogen) atoms. The van der Waals surface area contributed by atoms with Crippen molar-refractivity contribution in [1.82, 2.24) is 0 Å². The fraction of sp³-hybridized carbons (Fsp3) is 0.400. The van der Waals surface area contributed by atoms with E-state index >= 15 is 0 Å². The summed E-state index contributed by atoms with van der Waals surface area (Å²) in [7, 11) is 1.28. The number of fused-ring (bicyclic) bond motifs is 1. The van der Waals surface area contributed by atoms with Crippen LogP contribution in [0.1, 0.15) is 32.3 Å². The molecule has 0 aromatic heterocycles. The molecule has 0 saturated heterocycles. The molecule has 0 saturated carbocycles. The molecule has 6 heteroatoms. The lowest BCUT2D eigenvalue weighted by molar-refractivity contribution is -0.141. The van der Waals surface area contributed by atoms with E-state index in [1.165, 1.54) is 7.11 Å². The van der Waals surface area contributed by atoms with Gasteiger partial charge in [0, 0.05) is 17.8 Å². The number of nitrogens with one attached hydrogen (secondary N) is 2. The van der Waals surface area contributed by atoms with Crippen LogP contribution in [-0.2, 0) is 24.5 Å². The summed E-state index contributed by atoms with van der Waals surface area (Å²) in [5.41, 5.74) is 1.59. The van der Waals surface area contributed by atoms with Crippen molar-refractivity contribution in [1.29, 1.82) is 0 Å². The molecule has 1 heterocycles. The molecular formula is C15H18N2O4. The number of amides is 2. The Kier molecular flexibility index (Phi) is 3.97. The van der Waals surface area contributed by atoms with E-state index in [0.29, 0.717) is 5.69 Å². The van der Waals surface area contributed by atoms with Gasteiger partial charge in [0.2, 0.25) is 11.8 Å². The molecule has 2 amide bonds. The number of benzene rings is 1. The standard InChI is InChI=1S/C15H18N2O4/c1-15(2)10-8-9(4-5-11(10)17-14(15)20)16-12(18)6-7-13(19)21-3/h4-5,8H,6-7H2,1-3H3,(H,16,18)(H,17,20). The lowest BCUT2D eigenvalue weighted by Crippen LogP contribution is -2.26. The van der Waals surface area contributed by atoms with Gasteiger partial charge in [0.15, 0.2) is 0 Å². The number of carbonyl (C=O) groups is 3. The second kappa shape index (κ2) is 5.55. The van der Waals surface area contributed by atoms with Crippen molar-refractivity contribution in [2.75, 3.05) is 17.7 Å². The van der Waals surface area contributed by atoms with Crippen LogP contribution < -0.4 is 10.6 Å². The maximum atomic E-state index is 11.8. The molecular weight excluding hydrogens is 272 g/mol. The zero-order valence-electron chi connectivity index (χ0n) is 12.3. The third kappa shape index (κ3) is 3.04. The Hall–Kier alpha value is -2.37. The van der Waals surface area contributed by atoms with Crippen LogP contribution in [0.15, 0.2) is 18.2 Å². The molecule has 0 radical (unpaired) electrons. The van der Waals surface area contributed by atoms with Crippen molar-refractivity contribution in [3.05, 3.63) is 23.8 Å². The molecule has 0 unspecified atom stereocenters. The molecule has 0 spiro atoms. The molecule has 0 aliphatic carbocycles. The number of ether oxygens (including phenoxy) is 1. The highest BCUT2D eigenvalue weighted by Gasteiger charge is 2.38. The van der Waals surface area contributed by atoms with E-state index in [-0.39, 0.29) is 24.7 Å². The molecule has 0 bridgehead atoms. The van der Waals surface area contributed by atoms with E-state index in [4.69, 9.17) is 0 Å². The predicted molar refractivity (Wildman–Crippen MR) is 78.0 cm³/mol. The highest BCUT2D eigenvalue weighted by molar-refractivity contribution is 6.06. The van der Waals surface area contributed by atoms with Gasteiger partial charge in [-0.1, -0.05) is 0 Å². The highest BCUT2D eigenvalue weighted by Crippen LogP contribution is 2.38. The van der Waals surface area contributed by atoms with Crippen LogP contribution in [0.5, 0.6) is 0 Å². The molecule has 6 nitrogen and oxygen atoms in total. The average molecular weight is 290 g/mol. The summed E-state index contributed by atoms with van der Waals surface area (Å²) in [5, 5.41) is 5.52. The second-order valence-corrected chi connectivity index (χ2v) is 5.46. The smallest absolute Gasteiger partial charge is 0.306 e. The van der Waals surface area contributed by atoms with Crippen molar-refractivity contribution in [3.63, 3.8) is 0 Å². The number of methoxy groups -OCH3 is 1. The number of anilines is 2. The Morgan fingerprint density at radius 3 is 2.67 bits per heavy atom. The van der Waals surface area contributed by atoms with Crippen LogP contribution in [0.2, 0.25) is 0 Å². The Morgan fingerprint density at radius 1 is 1.29 bits per heavy atom. The van der Waals surface area contributed by atoms with E-state index in [9.17, 15) is 14.4 Å². The van der Waals surface area contributed by atoms with Gasteiger partial charge in [0.25, 0.3) is 0 Å². The molecule has 1 aliphatic heterocycles. The van der Waals surface area contributed by atoms with Gasteiger partial charge in [-0.05, 0) is 37.6 Å². The molecule has 2 N–H and O–H groups in total. The molecule has 1 aliphatic rings. The Morgan fingerprint density at radius 2 is 2.00 bits per heavy atom. The maximum absolute atomic E-state index is 11.8. The number of rotatable bonds is 4. The predicted octanol–water partition coefficient (Wildman–Crippen LogP) is 1.81. The first-order valence-electron chi connectivity index (χ1n) is 6.67. The van der Waals surface area contributed by atoms with Crippen LogP contribution >= 0.6 is 0 Å². The van der Waals surface area contributed by atoms with E-state index in [2.05, 4.69) is 15.4 Å². The summed E-state index contributed by atoms with van der Waals surface area (Å²) >= 11 is 0. The molecule has 0 atom stereocenters. The maximum Gasteiger partial charge on any atom is 0.306 e. The lowest BCUT2D eigenvalue weighted by atomic mass is 9.86. The van der Waals surface area contributed by atoms with Crippen molar-refractivity contribution in [2.24, 2.45) is 0 Å². The van der Waals surface area contributed by atoms with Gasteiger partial charge in [-0.3, -0.25) is 14.4 Å². The Balaban J connectivity index is 2.07. The monoisotopic (exact) mass is 290 g/mol. The molecule has 2 rings (SSSR count). The first-order valence-corrected chi connectivity index (χ1v) is 6.67. The van der Waals surface area contributed by atoms with Gasteiger partial charge < -0.3 is 15.4 Å². The second-order valence-electron chi connectivity index (χ2n) is 5.46. The summed E-state index contributed by atoms with van der Waals surface area (Å²) in [4.78, 5) is 34.6. The Bertz CT molecular complexity index is 608. The highest BCUT2D eigenvalue weighted by atomic mass is 16.5. The van der Waals surface area contributed by atoms with E-state index in [1.54, 1.807) is 18.2 Å². The van der Waals surface area contributed by atoms with Gasteiger partial charge in [-0.15, -0.1) is 0 Å². The van der Waals surface area contributed by atoms with Crippen LogP contribution in [0.3, 0.4) is 0 Å². The fourth-order valence-electron chi connectivity index (χ4n) is 2.19. The Labute approximate surface area is 122 Å². The van der Waals surface area contributed by atoms with Gasteiger partial charge >= 0.3 is 5.97 Å². The summed E-state index contributed by atoms with van der Waals surface area (Å²) in [5.74, 6) is -0.753. The third-order valence-electron chi connectivity index (χ3n) is 3.58. The largest absolute Gasteiger partial charge is 0.469 e. The molecule has 112 valence electrons. The number of hydrogen-bond acceptors (Lipinski definition) is 4. The molecule has 1 aromatic rings. The van der Waals surface area contributed by atoms with Crippen LogP contribution in [0, 0.1) is 0 Å². The van der Waals surface area contributed by atoms with Gasteiger partial charge in [0.05, 0.1) is 18.9 Å². The van der Waals surface area contributed by atoms with Crippen molar-refractivity contribution in [2.45, 2.75) is 32.1 Å². The topological polar surface area (TPSA) is 84.5 Å². The average Bonchev–Trinajstić information content (AvgIpc) is 2.67. The summed E-state index contributed by atoms with van der Waals surface area (Å²) in [6, 6.07) is 5.26. The number of hydrogen-bond donors (Lipinski definition) is 2. The van der Waals surface area contributed by atoms with Crippen molar-refractivity contribution in [3.8, 4) is 0 Å². The third-order valence-corrected chi connectivity index (χ3v) is 3.58. The van der Waals surface area contributed by atoms with Gasteiger partial charge in [-0.25, -0.2) is 0 Å². The zero-order chi connectivity index (χ0) is 15.6. The fourth-order valence-corrected chi connectivity index (χ4v) is 2.19. The van der Waals surface area contributed by atoms with Crippen LogP contribution in [0.25, 0.3) is 0 Å². The van der Waals surface area contributed by atoms with E-state index in [1.807, 2.05) is 13.8 Å². The summed E-state index contributed by atoms with van der Waals surface area (Å²) < 4.78 is 4.49. The van der Waals surface area contributed by atoms with Crippen molar-refractivity contribution < 1.29 is 19.1 Å². The lowest BCUT2D eigenvalue weighted by Gasteiger charge is -2.16. The van der Waals surface area contributed by atoms with Crippen molar-refractivity contribution >= 4 is 29.2 Å². The van der Waals surface area contributed by atoms with Crippen LogP contribution in [0.4, 0.5) is 11.4 Å². The minimum Gasteiger partial charge on any atom is -0.469 e. The minimum absolute atomic E-state index is 0.0405. The summed E-state index contributed by atoms with van der Waals surface area (Å²) in [6.07, 6.45) is 0.100. The molecule has 1 aromatic carbocycles. The van der Waals surface area contributed by atoms with Crippen LogP contribution in [-0.4, -0.2) is 24.9 Å². The number of carbonyl (C=O) groups excluding carboxylic acids is 3. The SMILES string of the molecule is COC(=O)CCC(=O)Nc1ccc2c(c1)C(C)(C)C(=O)N2. The quantitative estimate of drug-likeness (QED) is 0.828. The number of esters is 1. The molecule has 0 fully saturated rings. The van der Waals surface area contributed by atoms with E-state index < -0.39 is 11.4 Å². The first-order chi connectivity index (χ1) is 9.84. The van der Waals surface area contributed by atoms with E-state index in [0.717, 1.165) is 11.3 Å².